The summed E-state index contributed by atoms with van der Waals surface area (Å²) in [5, 5.41) is 4.62. The van der Waals surface area contributed by atoms with Gasteiger partial charge in [0.2, 0.25) is 10.0 Å². The highest BCUT2D eigenvalue weighted by Crippen LogP contribution is 2.32. The lowest BCUT2D eigenvalue weighted by atomic mass is 10.1. The van der Waals surface area contributed by atoms with Crippen LogP contribution in [0.1, 0.15) is 9.67 Å². The largest absolute Gasteiger partial charge is 0.357 e. The Bertz CT molecular complexity index is 1270. The molecule has 1 amide bonds. The number of amides is 1. The molecule has 3 heterocycles. The molecule has 1 saturated heterocycles. The average Bonchev–Trinajstić information content (AvgIpc) is 3.14. The van der Waals surface area contributed by atoms with E-state index in [4.69, 9.17) is 11.6 Å². The highest BCUT2D eigenvalue weighted by atomic mass is 35.5. The van der Waals surface area contributed by atoms with Crippen LogP contribution in [0.15, 0.2) is 42.0 Å². The van der Waals surface area contributed by atoms with E-state index in [0.717, 1.165) is 6.26 Å². The number of halogens is 3. The average molecular weight is 500 g/mol. The zero-order chi connectivity index (χ0) is 23.1. The predicted molar refractivity (Wildman–Crippen MR) is 120 cm³/mol. The van der Waals surface area contributed by atoms with Crippen molar-refractivity contribution in [3.63, 3.8) is 0 Å². The number of rotatable bonds is 6. The molecule has 0 spiro atoms. The Morgan fingerprint density at radius 2 is 1.81 bits per heavy atom. The molecule has 2 N–H and O–H groups in total. The van der Waals surface area contributed by atoms with E-state index in [1.165, 1.54) is 46.8 Å². The van der Waals surface area contributed by atoms with Gasteiger partial charge in [0.05, 0.1) is 48.0 Å². The van der Waals surface area contributed by atoms with Gasteiger partial charge >= 0.3 is 0 Å². The van der Waals surface area contributed by atoms with Crippen LogP contribution < -0.4 is 14.9 Å². The van der Waals surface area contributed by atoms with Gasteiger partial charge < -0.3 is 10.2 Å². The number of sulfonamides is 1. The van der Waals surface area contributed by atoms with E-state index in [2.05, 4.69) is 20.0 Å². The minimum Gasteiger partial charge on any atom is -0.357 e. The van der Waals surface area contributed by atoms with E-state index in [1.807, 2.05) is 0 Å². The first kappa shape index (κ1) is 22.4. The topological polar surface area (TPSA) is 104 Å². The van der Waals surface area contributed by atoms with Crippen LogP contribution in [0.5, 0.6) is 0 Å². The van der Waals surface area contributed by atoms with Crippen LogP contribution in [-0.2, 0) is 10.0 Å². The molecule has 0 atom stereocenters. The minimum absolute atomic E-state index is 0.218. The highest BCUT2D eigenvalue weighted by molar-refractivity contribution is 7.92. The Balaban J connectivity index is 1.45. The molecule has 3 aromatic rings. The van der Waals surface area contributed by atoms with Crippen molar-refractivity contribution in [3.05, 3.63) is 51.9 Å². The molecule has 2 aromatic heterocycles. The maximum absolute atomic E-state index is 13.0. The van der Waals surface area contributed by atoms with Crippen LogP contribution in [0.2, 0.25) is 5.02 Å². The van der Waals surface area contributed by atoms with Crippen molar-refractivity contribution in [2.75, 3.05) is 34.3 Å². The summed E-state index contributed by atoms with van der Waals surface area (Å²) in [6.07, 6.45) is 3.95. The van der Waals surface area contributed by atoms with Crippen LogP contribution in [0.3, 0.4) is 0 Å². The summed E-state index contributed by atoms with van der Waals surface area (Å²) in [7, 11) is -3.50. The second kappa shape index (κ2) is 8.26. The van der Waals surface area contributed by atoms with Crippen LogP contribution in [0.4, 0.5) is 25.8 Å². The zero-order valence-electron chi connectivity index (χ0n) is 16.5. The molecule has 1 fully saturated rings. The third-order valence-electron chi connectivity index (χ3n) is 4.39. The van der Waals surface area contributed by atoms with Gasteiger partial charge in [-0.2, -0.15) is 0 Å². The SMILES string of the molecule is CS(=O)(=O)Nc1cc(Cl)cc(NC(=O)c2cc(-c3ncc(N4CC(F)(F)C4)cn3)cs2)c1. The molecule has 0 aliphatic carbocycles. The van der Waals surface area contributed by atoms with Gasteiger partial charge in [0.15, 0.2) is 5.82 Å². The number of carbonyl (C=O) groups is 1. The van der Waals surface area contributed by atoms with Gasteiger partial charge in [-0.25, -0.2) is 27.2 Å². The molecule has 0 saturated carbocycles. The first-order valence-corrected chi connectivity index (χ1v) is 12.3. The maximum atomic E-state index is 13.0. The summed E-state index contributed by atoms with van der Waals surface area (Å²) in [5.41, 5.74) is 1.64. The number of benzene rings is 1. The van der Waals surface area contributed by atoms with E-state index in [0.29, 0.717) is 27.6 Å². The molecule has 13 heteroatoms. The summed E-state index contributed by atoms with van der Waals surface area (Å²) in [4.78, 5) is 22.9. The number of thiophene rings is 1. The van der Waals surface area contributed by atoms with Crippen molar-refractivity contribution in [3.8, 4) is 11.4 Å². The highest BCUT2D eigenvalue weighted by Gasteiger charge is 2.44. The third-order valence-corrected chi connectivity index (χ3v) is 6.14. The number of carbonyl (C=O) groups excluding carboxylic acids is 1. The standard InChI is InChI=1S/C19H16ClF2N5O3S2/c1-32(29,30)26-14-4-12(20)3-13(5-14)25-18(28)16-2-11(8-31-16)17-23-6-15(7-24-17)27-9-19(21,22)10-27/h2-8,26H,9-10H2,1H3,(H,25,28). The number of nitrogens with zero attached hydrogens (tertiary/aromatic N) is 3. The Kier molecular flexibility index (Phi) is 5.77. The Labute approximate surface area is 191 Å². The number of anilines is 3. The summed E-state index contributed by atoms with van der Waals surface area (Å²) < 4.78 is 51.2. The smallest absolute Gasteiger partial charge is 0.282 e. The van der Waals surface area contributed by atoms with Crippen molar-refractivity contribution in [1.82, 2.24) is 9.97 Å². The first-order chi connectivity index (χ1) is 15.0. The fourth-order valence-electron chi connectivity index (χ4n) is 3.03. The molecule has 32 heavy (non-hydrogen) atoms. The second-order valence-electron chi connectivity index (χ2n) is 7.23. The molecule has 1 aliphatic rings. The summed E-state index contributed by atoms with van der Waals surface area (Å²) in [6.45, 7) is -0.715. The summed E-state index contributed by atoms with van der Waals surface area (Å²) >= 11 is 7.18. The Hall–Kier alpha value is -2.83. The number of aromatic nitrogens is 2. The van der Waals surface area contributed by atoms with Crippen LogP contribution >= 0.6 is 22.9 Å². The summed E-state index contributed by atoms with van der Waals surface area (Å²) in [6, 6.07) is 5.96. The lowest BCUT2D eigenvalue weighted by Crippen LogP contribution is -2.56. The molecular weight excluding hydrogens is 484 g/mol. The summed E-state index contributed by atoms with van der Waals surface area (Å²) in [5.74, 6) is -2.74. The number of nitrogens with one attached hydrogen (secondary N) is 2. The van der Waals surface area contributed by atoms with E-state index in [1.54, 1.807) is 11.4 Å². The van der Waals surface area contributed by atoms with Crippen molar-refractivity contribution in [2.45, 2.75) is 5.92 Å². The molecule has 4 rings (SSSR count). The lowest BCUT2D eigenvalue weighted by Gasteiger charge is -2.39. The van der Waals surface area contributed by atoms with Crippen LogP contribution in [-0.4, -0.2) is 49.6 Å². The Morgan fingerprint density at radius 1 is 1.16 bits per heavy atom. The zero-order valence-corrected chi connectivity index (χ0v) is 18.9. The number of hydrogen-bond acceptors (Lipinski definition) is 7. The predicted octanol–water partition coefficient (Wildman–Crippen LogP) is 3.94. The minimum atomic E-state index is -3.50. The van der Waals surface area contributed by atoms with Gasteiger partial charge in [0.25, 0.3) is 11.8 Å². The lowest BCUT2D eigenvalue weighted by molar-refractivity contribution is -0.0263. The molecule has 1 aliphatic heterocycles. The molecule has 0 unspecified atom stereocenters. The van der Waals surface area contributed by atoms with E-state index < -0.39 is 21.9 Å². The van der Waals surface area contributed by atoms with E-state index in [9.17, 15) is 22.0 Å². The van der Waals surface area contributed by atoms with Gasteiger partial charge in [-0.3, -0.25) is 9.52 Å². The van der Waals surface area contributed by atoms with Crippen LogP contribution in [0, 0.1) is 0 Å². The van der Waals surface area contributed by atoms with Crippen LogP contribution in [0.25, 0.3) is 11.4 Å². The molecular formula is C19H16ClF2N5O3S2. The first-order valence-electron chi connectivity index (χ1n) is 9.11. The van der Waals surface area contributed by atoms with Gasteiger partial charge in [-0.1, -0.05) is 11.6 Å². The molecule has 1 aromatic carbocycles. The van der Waals surface area contributed by atoms with Gasteiger partial charge in [0, 0.05) is 21.7 Å². The number of hydrogen-bond donors (Lipinski definition) is 2. The third kappa shape index (κ3) is 5.31. The molecule has 168 valence electrons. The van der Waals surface area contributed by atoms with E-state index in [-0.39, 0.29) is 23.8 Å². The van der Waals surface area contributed by atoms with Gasteiger partial charge in [0.1, 0.15) is 0 Å². The van der Waals surface area contributed by atoms with Crippen molar-refractivity contribution in [1.29, 1.82) is 0 Å². The monoisotopic (exact) mass is 499 g/mol. The van der Waals surface area contributed by atoms with Crippen molar-refractivity contribution < 1.29 is 22.0 Å². The van der Waals surface area contributed by atoms with Gasteiger partial charge in [-0.05, 0) is 24.3 Å². The second-order valence-corrected chi connectivity index (χ2v) is 10.3. The Morgan fingerprint density at radius 3 is 2.44 bits per heavy atom. The van der Waals surface area contributed by atoms with Crippen molar-refractivity contribution in [2.24, 2.45) is 0 Å². The fraction of sp³-hybridized carbons (Fsp3) is 0.211. The molecule has 0 radical (unpaired) electrons. The van der Waals surface area contributed by atoms with E-state index >= 15 is 0 Å². The normalized spacial score (nSPS) is 15.2. The molecule has 8 nitrogen and oxygen atoms in total. The number of alkyl halides is 2. The molecule has 0 bridgehead atoms. The quantitative estimate of drug-likeness (QED) is 0.532. The fourth-order valence-corrected chi connectivity index (χ4v) is 4.59. The maximum Gasteiger partial charge on any atom is 0.282 e. The van der Waals surface area contributed by atoms with Gasteiger partial charge in [-0.15, -0.1) is 11.3 Å². The van der Waals surface area contributed by atoms with Crippen molar-refractivity contribution >= 4 is 55.9 Å².